The molecule has 2 fully saturated rings. The second-order valence-corrected chi connectivity index (χ2v) is 9.21. The van der Waals surface area contributed by atoms with Gasteiger partial charge in [0.05, 0.1) is 5.41 Å². The minimum atomic E-state index is -0.548. The molecule has 1 aromatic heterocycles. The molecule has 0 spiro atoms. The van der Waals surface area contributed by atoms with Crippen LogP contribution >= 0.6 is 0 Å². The van der Waals surface area contributed by atoms with Crippen molar-refractivity contribution in [2.24, 2.45) is 17.3 Å². The maximum absolute atomic E-state index is 13.7. The molecule has 1 saturated carbocycles. The summed E-state index contributed by atoms with van der Waals surface area (Å²) >= 11 is 0. The molecule has 2 aliphatic rings. The molecule has 2 heterocycles. The molecule has 2 amide bonds. The molecule has 5 heteroatoms. The third kappa shape index (κ3) is 4.36. The van der Waals surface area contributed by atoms with E-state index in [1.165, 1.54) is 0 Å². The van der Waals surface area contributed by atoms with E-state index in [1.807, 2.05) is 35.9 Å². The first-order valence-corrected chi connectivity index (χ1v) is 11.5. The van der Waals surface area contributed by atoms with Crippen molar-refractivity contribution >= 4 is 11.8 Å². The Hall–Kier alpha value is -2.69. The molecule has 5 nitrogen and oxygen atoms in total. The maximum Gasteiger partial charge on any atom is 0.230 e. The van der Waals surface area contributed by atoms with Crippen LogP contribution in [0.1, 0.15) is 39.2 Å². The zero-order valence-corrected chi connectivity index (χ0v) is 18.9. The monoisotopic (exact) mass is 419 g/mol. The van der Waals surface area contributed by atoms with Gasteiger partial charge in [0, 0.05) is 44.5 Å². The highest BCUT2D eigenvalue weighted by Crippen LogP contribution is 2.43. The van der Waals surface area contributed by atoms with Crippen LogP contribution in [0, 0.1) is 17.3 Å². The molecule has 2 aromatic rings. The van der Waals surface area contributed by atoms with Gasteiger partial charge in [-0.15, -0.1) is 0 Å². The van der Waals surface area contributed by atoms with Crippen LogP contribution in [0.25, 0.3) is 11.1 Å². The van der Waals surface area contributed by atoms with Crippen LogP contribution in [-0.4, -0.2) is 52.8 Å². The van der Waals surface area contributed by atoms with E-state index in [9.17, 15) is 9.59 Å². The number of amides is 2. The Labute approximate surface area is 185 Å². The minimum Gasteiger partial charge on any atom is -0.343 e. The standard InChI is InChI=1S/C26H33N3O2/c1-4-28(5-2)25(31)26(11-13-29(18-26)24(30)23-14-19(23)3)16-20-8-6-9-21(15-20)22-10-7-12-27-17-22/h6-10,12,15,17,19,23H,4-5,11,13-14,16,18H2,1-3H3/t19-,23+,26-/m0/s1. The van der Waals surface area contributed by atoms with Gasteiger partial charge in [-0.25, -0.2) is 0 Å². The number of aromatic nitrogens is 1. The van der Waals surface area contributed by atoms with E-state index in [0.29, 0.717) is 38.5 Å². The highest BCUT2D eigenvalue weighted by molar-refractivity contribution is 5.87. The number of hydrogen-bond acceptors (Lipinski definition) is 3. The smallest absolute Gasteiger partial charge is 0.230 e. The van der Waals surface area contributed by atoms with Crippen LogP contribution in [0.4, 0.5) is 0 Å². The molecular weight excluding hydrogens is 386 g/mol. The van der Waals surface area contributed by atoms with Crippen LogP contribution in [-0.2, 0) is 16.0 Å². The minimum absolute atomic E-state index is 0.160. The number of rotatable bonds is 7. The van der Waals surface area contributed by atoms with E-state index in [0.717, 1.165) is 29.5 Å². The highest BCUT2D eigenvalue weighted by atomic mass is 16.2. The summed E-state index contributed by atoms with van der Waals surface area (Å²) in [6, 6.07) is 12.4. The summed E-state index contributed by atoms with van der Waals surface area (Å²) < 4.78 is 0. The van der Waals surface area contributed by atoms with Crippen LogP contribution in [0.5, 0.6) is 0 Å². The van der Waals surface area contributed by atoms with Crippen LogP contribution < -0.4 is 0 Å². The van der Waals surface area contributed by atoms with E-state index in [1.54, 1.807) is 6.20 Å². The number of hydrogen-bond donors (Lipinski definition) is 0. The number of nitrogens with zero attached hydrogens (tertiary/aromatic N) is 3. The van der Waals surface area contributed by atoms with Gasteiger partial charge in [-0.3, -0.25) is 14.6 Å². The van der Waals surface area contributed by atoms with Crippen LogP contribution in [0.15, 0.2) is 48.8 Å². The first-order chi connectivity index (χ1) is 15.0. The fourth-order valence-electron chi connectivity index (χ4n) is 4.99. The van der Waals surface area contributed by atoms with Crippen molar-refractivity contribution in [3.63, 3.8) is 0 Å². The third-order valence-electron chi connectivity index (χ3n) is 7.06. The van der Waals surface area contributed by atoms with Crippen LogP contribution in [0.3, 0.4) is 0 Å². The molecule has 1 aliphatic carbocycles. The van der Waals surface area contributed by atoms with Crippen molar-refractivity contribution in [2.75, 3.05) is 26.2 Å². The van der Waals surface area contributed by atoms with Crippen molar-refractivity contribution in [1.29, 1.82) is 0 Å². The van der Waals surface area contributed by atoms with E-state index in [-0.39, 0.29) is 17.7 Å². The molecule has 1 saturated heterocycles. The van der Waals surface area contributed by atoms with Crippen molar-refractivity contribution in [2.45, 2.75) is 40.0 Å². The van der Waals surface area contributed by atoms with Gasteiger partial charge in [0.2, 0.25) is 11.8 Å². The van der Waals surface area contributed by atoms with E-state index < -0.39 is 5.41 Å². The van der Waals surface area contributed by atoms with E-state index in [2.05, 4.69) is 42.2 Å². The highest BCUT2D eigenvalue weighted by Gasteiger charge is 2.50. The number of carbonyl (C=O) groups is 2. The molecule has 164 valence electrons. The van der Waals surface area contributed by atoms with E-state index in [4.69, 9.17) is 0 Å². The number of likely N-dealkylation sites (tertiary alicyclic amines) is 1. The van der Waals surface area contributed by atoms with Crippen LogP contribution in [0.2, 0.25) is 0 Å². The zero-order valence-electron chi connectivity index (χ0n) is 18.9. The molecule has 0 unspecified atom stereocenters. The molecular formula is C26H33N3O2. The van der Waals surface area contributed by atoms with Crippen molar-refractivity contribution in [3.8, 4) is 11.1 Å². The van der Waals surface area contributed by atoms with Gasteiger partial charge in [0.15, 0.2) is 0 Å². The third-order valence-corrected chi connectivity index (χ3v) is 7.06. The summed E-state index contributed by atoms with van der Waals surface area (Å²) in [7, 11) is 0. The lowest BCUT2D eigenvalue weighted by molar-refractivity contribution is -0.142. The van der Waals surface area contributed by atoms with Gasteiger partial charge in [-0.05, 0) is 61.8 Å². The topological polar surface area (TPSA) is 53.5 Å². The largest absolute Gasteiger partial charge is 0.343 e. The molecule has 0 radical (unpaired) electrons. The summed E-state index contributed by atoms with van der Waals surface area (Å²) in [5, 5.41) is 0. The number of carbonyl (C=O) groups excluding carboxylic acids is 2. The predicted molar refractivity (Wildman–Crippen MR) is 122 cm³/mol. The molecule has 0 bridgehead atoms. The summed E-state index contributed by atoms with van der Waals surface area (Å²) in [6.45, 7) is 8.79. The predicted octanol–water partition coefficient (Wildman–Crippen LogP) is 4.03. The maximum atomic E-state index is 13.7. The Morgan fingerprint density at radius 2 is 1.90 bits per heavy atom. The zero-order chi connectivity index (χ0) is 22.0. The molecule has 1 aliphatic heterocycles. The van der Waals surface area contributed by atoms with Crippen molar-refractivity contribution in [3.05, 3.63) is 54.4 Å². The average Bonchev–Trinajstić information content (AvgIpc) is 3.38. The SMILES string of the molecule is CCN(CC)C(=O)[C@]1(Cc2cccc(-c3cccnc3)c2)CCN(C(=O)[C@@H]2C[C@@H]2C)C1. The van der Waals surface area contributed by atoms with Gasteiger partial charge in [0.25, 0.3) is 0 Å². The Morgan fingerprint density at radius 3 is 2.55 bits per heavy atom. The van der Waals surface area contributed by atoms with Crippen molar-refractivity contribution < 1.29 is 9.59 Å². The fourth-order valence-corrected chi connectivity index (χ4v) is 4.99. The van der Waals surface area contributed by atoms with Gasteiger partial charge >= 0.3 is 0 Å². The molecule has 3 atom stereocenters. The lowest BCUT2D eigenvalue weighted by Crippen LogP contribution is -2.47. The Bertz CT molecular complexity index is 941. The van der Waals surface area contributed by atoms with Crippen molar-refractivity contribution in [1.82, 2.24) is 14.8 Å². The molecule has 1 aromatic carbocycles. The van der Waals surface area contributed by atoms with E-state index >= 15 is 0 Å². The first kappa shape index (κ1) is 21.5. The quantitative estimate of drug-likeness (QED) is 0.681. The van der Waals surface area contributed by atoms with Gasteiger partial charge in [0.1, 0.15) is 0 Å². The molecule has 0 N–H and O–H groups in total. The lowest BCUT2D eigenvalue weighted by Gasteiger charge is -2.34. The van der Waals surface area contributed by atoms with Gasteiger partial charge in [-0.1, -0.05) is 37.3 Å². The Kier molecular flexibility index (Phi) is 6.12. The molecule has 4 rings (SSSR count). The Morgan fingerprint density at radius 1 is 1.16 bits per heavy atom. The average molecular weight is 420 g/mol. The number of benzene rings is 1. The normalized spacial score (nSPS) is 24.8. The fraction of sp³-hybridized carbons (Fsp3) is 0.500. The van der Waals surface area contributed by atoms with Gasteiger partial charge < -0.3 is 9.80 Å². The summed E-state index contributed by atoms with van der Waals surface area (Å²) in [4.78, 5) is 34.7. The first-order valence-electron chi connectivity index (χ1n) is 11.5. The summed E-state index contributed by atoms with van der Waals surface area (Å²) in [5.41, 5.74) is 2.76. The summed E-state index contributed by atoms with van der Waals surface area (Å²) in [6.07, 6.45) is 6.00. The Balaban J connectivity index is 1.61. The molecule has 31 heavy (non-hydrogen) atoms. The second kappa shape index (κ2) is 8.81. The lowest BCUT2D eigenvalue weighted by atomic mass is 9.79. The second-order valence-electron chi connectivity index (χ2n) is 9.21. The summed E-state index contributed by atoms with van der Waals surface area (Å²) in [5.74, 6) is 1.07. The van der Waals surface area contributed by atoms with Gasteiger partial charge in [-0.2, -0.15) is 0 Å². The number of pyridine rings is 1.